The van der Waals surface area contributed by atoms with E-state index >= 15 is 0 Å². The molecular formula is C21H23Sn. The van der Waals surface area contributed by atoms with Gasteiger partial charge in [-0.15, -0.1) is 0 Å². The maximum atomic E-state index is 3.49. The molecule has 22 heavy (non-hydrogen) atoms. The van der Waals surface area contributed by atoms with Crippen LogP contribution in [0.5, 0.6) is 0 Å². The molecule has 1 heteroatoms. The molecule has 0 aliphatic heterocycles. The van der Waals surface area contributed by atoms with Crippen molar-refractivity contribution in [3.05, 3.63) is 97.9 Å². The quantitative estimate of drug-likeness (QED) is 0.599. The Labute approximate surface area is 141 Å². The number of rotatable bonds is 3. The monoisotopic (exact) mass is 395 g/mol. The molecule has 3 rings (SSSR count). The Kier molecular flexibility index (Phi) is 7.24. The van der Waals surface area contributed by atoms with E-state index in [0.29, 0.717) is 0 Å². The predicted octanol–water partition coefficient (Wildman–Crippen LogP) is 3.17. The molecule has 1 radical (unpaired) electrons. The van der Waals surface area contributed by atoms with Crippen LogP contribution in [-0.4, -0.2) is 19.8 Å². The third-order valence-electron chi connectivity index (χ3n) is 3.40. The van der Waals surface area contributed by atoms with Crippen LogP contribution in [0.2, 0.25) is 0 Å². The van der Waals surface area contributed by atoms with Gasteiger partial charge in [0.15, 0.2) is 0 Å². The van der Waals surface area contributed by atoms with Gasteiger partial charge in [-0.1, -0.05) is 20.3 Å². The minimum atomic E-state index is -2.14. The molecule has 0 saturated carbocycles. The summed E-state index contributed by atoms with van der Waals surface area (Å²) in [5.74, 6) is 0. The molecule has 0 atom stereocenters. The first-order valence-corrected chi connectivity index (χ1v) is 12.7. The van der Waals surface area contributed by atoms with E-state index in [4.69, 9.17) is 0 Å². The molecule has 0 amide bonds. The zero-order chi connectivity index (χ0) is 15.6. The van der Waals surface area contributed by atoms with Crippen LogP contribution in [0.3, 0.4) is 0 Å². The van der Waals surface area contributed by atoms with Gasteiger partial charge in [0.05, 0.1) is 0 Å². The summed E-state index contributed by atoms with van der Waals surface area (Å²) in [5.41, 5.74) is 0. The summed E-state index contributed by atoms with van der Waals surface area (Å²) in [6.07, 6.45) is 1.00. The third-order valence-corrected chi connectivity index (χ3v) is 12.4. The minimum absolute atomic E-state index is 1.00. The second kappa shape index (κ2) is 9.47. The molecule has 0 saturated heterocycles. The van der Waals surface area contributed by atoms with Gasteiger partial charge in [0, 0.05) is 0 Å². The molecule has 3 aromatic carbocycles. The fourth-order valence-corrected chi connectivity index (χ4v) is 11.0. The van der Waals surface area contributed by atoms with E-state index in [1.165, 1.54) is 0 Å². The zero-order valence-electron chi connectivity index (χ0n) is 13.2. The third kappa shape index (κ3) is 4.74. The molecule has 0 unspecified atom stereocenters. The van der Waals surface area contributed by atoms with Gasteiger partial charge in [0.2, 0.25) is 0 Å². The van der Waals surface area contributed by atoms with Gasteiger partial charge in [-0.25, -0.2) is 0 Å². The van der Waals surface area contributed by atoms with Crippen LogP contribution in [-0.2, 0) is 0 Å². The van der Waals surface area contributed by atoms with E-state index in [-0.39, 0.29) is 0 Å². The second-order valence-electron chi connectivity index (χ2n) is 5.17. The normalized spacial score (nSPS) is 9.95. The Morgan fingerprint density at radius 2 is 0.818 bits per heavy atom. The van der Waals surface area contributed by atoms with Crippen LogP contribution in [0.1, 0.15) is 13.3 Å². The molecule has 0 spiro atoms. The molecule has 0 fully saturated rings. The number of benzene rings is 3. The summed E-state index contributed by atoms with van der Waals surface area (Å²) in [6.45, 7) is 5.50. The summed E-state index contributed by atoms with van der Waals surface area (Å²) < 4.78 is 4.63. The summed E-state index contributed by atoms with van der Waals surface area (Å²) >= 11 is -2.14. The summed E-state index contributed by atoms with van der Waals surface area (Å²) in [4.78, 5) is 0. The zero-order valence-corrected chi connectivity index (χ0v) is 16.4. The van der Waals surface area contributed by atoms with E-state index in [0.717, 1.165) is 6.42 Å². The topological polar surface area (TPSA) is 0 Å². The van der Waals surface area contributed by atoms with E-state index < -0.39 is 19.8 Å². The Hall–Kier alpha value is -1.54. The molecular weight excluding hydrogens is 371 g/mol. The van der Waals surface area contributed by atoms with Crippen molar-refractivity contribution in [1.82, 2.24) is 0 Å². The molecule has 0 aliphatic rings. The first-order valence-electron chi connectivity index (χ1n) is 7.81. The molecule has 0 aliphatic carbocycles. The van der Waals surface area contributed by atoms with Crippen LogP contribution >= 0.6 is 0 Å². The number of hydrogen-bond donors (Lipinski definition) is 0. The predicted molar refractivity (Wildman–Crippen MR) is 101 cm³/mol. The molecule has 0 bridgehead atoms. The molecule has 0 N–H and O–H groups in total. The SMILES string of the molecule is [CH2]CC.c1cc[c]([SnH]([c]2ccccc2)[c]2ccccc2)cc1. The van der Waals surface area contributed by atoms with Crippen molar-refractivity contribution in [3.8, 4) is 0 Å². The van der Waals surface area contributed by atoms with Crippen molar-refractivity contribution in [2.24, 2.45) is 0 Å². The van der Waals surface area contributed by atoms with Crippen molar-refractivity contribution in [2.45, 2.75) is 13.3 Å². The Morgan fingerprint density at radius 1 is 0.591 bits per heavy atom. The second-order valence-corrected chi connectivity index (χ2v) is 13.3. The maximum absolute atomic E-state index is 3.49. The van der Waals surface area contributed by atoms with Crippen LogP contribution in [0, 0.1) is 6.92 Å². The summed E-state index contributed by atoms with van der Waals surface area (Å²) in [7, 11) is 0. The van der Waals surface area contributed by atoms with Crippen molar-refractivity contribution >= 4 is 30.5 Å². The summed E-state index contributed by atoms with van der Waals surface area (Å²) in [5, 5.41) is 0. The fourth-order valence-electron chi connectivity index (χ4n) is 2.51. The van der Waals surface area contributed by atoms with Crippen molar-refractivity contribution in [3.63, 3.8) is 0 Å². The molecule has 111 valence electrons. The van der Waals surface area contributed by atoms with Crippen LogP contribution in [0.25, 0.3) is 0 Å². The van der Waals surface area contributed by atoms with E-state index in [1.54, 1.807) is 10.7 Å². The van der Waals surface area contributed by atoms with E-state index in [1.807, 2.05) is 6.92 Å². The first kappa shape index (κ1) is 16.8. The van der Waals surface area contributed by atoms with Crippen molar-refractivity contribution in [2.75, 3.05) is 0 Å². The first-order chi connectivity index (χ1) is 10.9. The van der Waals surface area contributed by atoms with Crippen LogP contribution < -0.4 is 10.7 Å². The van der Waals surface area contributed by atoms with Gasteiger partial charge >= 0.3 is 121 Å². The molecule has 3 aromatic rings. The fraction of sp³-hybridized carbons (Fsp3) is 0.0952. The Morgan fingerprint density at radius 3 is 1.05 bits per heavy atom. The van der Waals surface area contributed by atoms with Gasteiger partial charge in [0.25, 0.3) is 0 Å². The molecule has 0 aromatic heterocycles. The Bertz CT molecular complexity index is 539. The van der Waals surface area contributed by atoms with Gasteiger partial charge in [-0.3, -0.25) is 0 Å². The van der Waals surface area contributed by atoms with Crippen molar-refractivity contribution < 1.29 is 0 Å². The van der Waals surface area contributed by atoms with Crippen LogP contribution in [0.15, 0.2) is 91.0 Å². The standard InChI is InChI=1S/3C6H5.C3H7.Sn.H/c3*1-2-4-6-5-3-1;1-3-2;;/h3*1-5H;1,3H2,2H3;;. The average molecular weight is 394 g/mol. The van der Waals surface area contributed by atoms with Gasteiger partial charge in [-0.2, -0.15) is 0 Å². The van der Waals surface area contributed by atoms with Gasteiger partial charge in [-0.05, 0) is 0 Å². The molecule has 0 heterocycles. The summed E-state index contributed by atoms with van der Waals surface area (Å²) in [6, 6.07) is 33.0. The van der Waals surface area contributed by atoms with E-state index in [2.05, 4.69) is 97.9 Å². The molecule has 0 nitrogen and oxygen atoms in total. The van der Waals surface area contributed by atoms with Crippen molar-refractivity contribution in [1.29, 1.82) is 0 Å². The van der Waals surface area contributed by atoms with Crippen LogP contribution in [0.4, 0.5) is 0 Å². The van der Waals surface area contributed by atoms with Gasteiger partial charge in [0.1, 0.15) is 0 Å². The van der Waals surface area contributed by atoms with Gasteiger partial charge < -0.3 is 0 Å². The number of hydrogen-bond acceptors (Lipinski definition) is 0. The Balaban J connectivity index is 0.000000545. The average Bonchev–Trinajstić information content (AvgIpc) is 2.59. The van der Waals surface area contributed by atoms with E-state index in [9.17, 15) is 0 Å².